The Kier molecular flexibility index (Phi) is 4.02. The van der Waals surface area contributed by atoms with Crippen LogP contribution in [-0.4, -0.2) is 9.97 Å². The fraction of sp³-hybridized carbons (Fsp3) is 0.222. The molecule has 1 aromatic carbocycles. The lowest BCUT2D eigenvalue weighted by Gasteiger charge is -2.08. The number of aryl methyl sites for hydroxylation is 2. The Balaban J connectivity index is 1.80. The van der Waals surface area contributed by atoms with E-state index >= 15 is 0 Å². The highest BCUT2D eigenvalue weighted by molar-refractivity contribution is 5.80. The van der Waals surface area contributed by atoms with E-state index in [1.54, 1.807) is 6.20 Å². The monoisotopic (exact) mass is 293 g/mol. The molecule has 0 saturated heterocycles. The van der Waals surface area contributed by atoms with Gasteiger partial charge in [-0.25, -0.2) is 0 Å². The number of H-pyrrole nitrogens is 1. The quantitative estimate of drug-likeness (QED) is 0.777. The fourth-order valence-electron chi connectivity index (χ4n) is 2.50. The molecular weight excluding hydrogens is 274 g/mol. The molecule has 3 aromatic rings. The Bertz CT molecular complexity index is 853. The maximum atomic E-state index is 12.2. The van der Waals surface area contributed by atoms with Gasteiger partial charge in [-0.1, -0.05) is 6.07 Å². The van der Waals surface area contributed by atoms with E-state index in [1.165, 1.54) is 11.1 Å². The SMILES string of the molecule is Cc1cc2cc(CNCc3cccnc3)c(=O)[nH]c2cc1C. The topological polar surface area (TPSA) is 57.8 Å². The summed E-state index contributed by atoms with van der Waals surface area (Å²) in [4.78, 5) is 19.2. The van der Waals surface area contributed by atoms with Gasteiger partial charge < -0.3 is 10.3 Å². The Morgan fingerprint density at radius 3 is 2.73 bits per heavy atom. The van der Waals surface area contributed by atoms with Crippen LogP contribution in [0.25, 0.3) is 10.9 Å². The average molecular weight is 293 g/mol. The first-order chi connectivity index (χ1) is 10.6. The van der Waals surface area contributed by atoms with Crippen molar-refractivity contribution in [2.45, 2.75) is 26.9 Å². The van der Waals surface area contributed by atoms with Gasteiger partial charge in [-0.05, 0) is 60.2 Å². The minimum Gasteiger partial charge on any atom is -0.322 e. The highest BCUT2D eigenvalue weighted by Crippen LogP contribution is 2.17. The summed E-state index contributed by atoms with van der Waals surface area (Å²) < 4.78 is 0. The minimum absolute atomic E-state index is 0.0329. The molecule has 0 amide bonds. The Morgan fingerprint density at radius 2 is 1.95 bits per heavy atom. The van der Waals surface area contributed by atoms with E-state index in [9.17, 15) is 4.79 Å². The number of pyridine rings is 2. The van der Waals surface area contributed by atoms with Gasteiger partial charge in [0.25, 0.3) is 5.56 Å². The summed E-state index contributed by atoms with van der Waals surface area (Å²) >= 11 is 0. The summed E-state index contributed by atoms with van der Waals surface area (Å²) in [5.74, 6) is 0. The maximum absolute atomic E-state index is 12.2. The van der Waals surface area contributed by atoms with Crippen LogP contribution in [0, 0.1) is 13.8 Å². The molecule has 2 aromatic heterocycles. The molecule has 0 aliphatic heterocycles. The molecular formula is C18H19N3O. The molecule has 4 nitrogen and oxygen atoms in total. The van der Waals surface area contributed by atoms with Gasteiger partial charge in [-0.2, -0.15) is 0 Å². The Labute approximate surface area is 129 Å². The molecule has 4 heteroatoms. The molecule has 3 rings (SSSR count). The number of nitrogens with one attached hydrogen (secondary N) is 2. The number of nitrogens with zero attached hydrogens (tertiary/aromatic N) is 1. The lowest BCUT2D eigenvalue weighted by molar-refractivity contribution is 0.687. The van der Waals surface area contributed by atoms with Gasteiger partial charge in [-0.3, -0.25) is 9.78 Å². The second-order valence-electron chi connectivity index (χ2n) is 5.61. The molecule has 112 valence electrons. The predicted molar refractivity (Wildman–Crippen MR) is 88.8 cm³/mol. The molecule has 0 radical (unpaired) electrons. The van der Waals surface area contributed by atoms with Crippen molar-refractivity contribution in [3.05, 3.63) is 75.3 Å². The lowest BCUT2D eigenvalue weighted by Crippen LogP contribution is -2.20. The van der Waals surface area contributed by atoms with Crippen LogP contribution in [0.1, 0.15) is 22.3 Å². The largest absolute Gasteiger partial charge is 0.322 e. The number of fused-ring (bicyclic) bond motifs is 1. The number of hydrogen-bond acceptors (Lipinski definition) is 3. The van der Waals surface area contributed by atoms with Crippen LogP contribution in [0.5, 0.6) is 0 Å². The second-order valence-corrected chi connectivity index (χ2v) is 5.61. The molecule has 0 atom stereocenters. The third kappa shape index (κ3) is 3.07. The van der Waals surface area contributed by atoms with Crippen molar-refractivity contribution in [1.29, 1.82) is 0 Å². The van der Waals surface area contributed by atoms with Gasteiger partial charge in [0.2, 0.25) is 0 Å². The zero-order valence-corrected chi connectivity index (χ0v) is 12.8. The summed E-state index contributed by atoms with van der Waals surface area (Å²) in [6.07, 6.45) is 3.58. The van der Waals surface area contributed by atoms with Crippen LogP contribution in [0.2, 0.25) is 0 Å². The van der Waals surface area contributed by atoms with Crippen molar-refractivity contribution in [2.24, 2.45) is 0 Å². The minimum atomic E-state index is -0.0329. The summed E-state index contributed by atoms with van der Waals surface area (Å²) in [7, 11) is 0. The maximum Gasteiger partial charge on any atom is 0.252 e. The zero-order chi connectivity index (χ0) is 15.5. The molecule has 0 bridgehead atoms. The smallest absolute Gasteiger partial charge is 0.252 e. The molecule has 2 N–H and O–H groups in total. The van der Waals surface area contributed by atoms with Gasteiger partial charge in [-0.15, -0.1) is 0 Å². The van der Waals surface area contributed by atoms with Crippen LogP contribution < -0.4 is 10.9 Å². The lowest BCUT2D eigenvalue weighted by atomic mass is 10.0. The molecule has 0 saturated carbocycles. The van der Waals surface area contributed by atoms with Crippen molar-refractivity contribution in [3.8, 4) is 0 Å². The first-order valence-electron chi connectivity index (χ1n) is 7.36. The van der Waals surface area contributed by atoms with Crippen LogP contribution in [0.15, 0.2) is 47.5 Å². The van der Waals surface area contributed by atoms with Crippen molar-refractivity contribution in [2.75, 3.05) is 0 Å². The van der Waals surface area contributed by atoms with Gasteiger partial charge in [0, 0.05) is 36.6 Å². The summed E-state index contributed by atoms with van der Waals surface area (Å²) in [5, 5.41) is 4.36. The summed E-state index contributed by atoms with van der Waals surface area (Å²) in [5.41, 5.74) is 5.13. The van der Waals surface area contributed by atoms with E-state index in [0.717, 1.165) is 22.0 Å². The molecule has 0 aliphatic carbocycles. The zero-order valence-electron chi connectivity index (χ0n) is 12.8. The second kappa shape index (κ2) is 6.12. The average Bonchev–Trinajstić information content (AvgIpc) is 2.51. The molecule has 22 heavy (non-hydrogen) atoms. The van der Waals surface area contributed by atoms with Crippen LogP contribution in [0.4, 0.5) is 0 Å². The van der Waals surface area contributed by atoms with Crippen molar-refractivity contribution >= 4 is 10.9 Å². The van der Waals surface area contributed by atoms with Gasteiger partial charge in [0.05, 0.1) is 0 Å². The third-order valence-electron chi connectivity index (χ3n) is 3.90. The van der Waals surface area contributed by atoms with Crippen molar-refractivity contribution in [3.63, 3.8) is 0 Å². The van der Waals surface area contributed by atoms with Crippen LogP contribution in [0.3, 0.4) is 0 Å². The van der Waals surface area contributed by atoms with Crippen LogP contribution >= 0.6 is 0 Å². The van der Waals surface area contributed by atoms with E-state index in [-0.39, 0.29) is 5.56 Å². The van der Waals surface area contributed by atoms with Crippen LogP contribution in [-0.2, 0) is 13.1 Å². The number of hydrogen-bond donors (Lipinski definition) is 2. The first kappa shape index (κ1) is 14.5. The standard InChI is InChI=1S/C18H19N3O/c1-12-6-15-8-16(18(22)21-17(15)7-13(12)2)11-20-10-14-4-3-5-19-9-14/h3-9,20H,10-11H2,1-2H3,(H,21,22). The molecule has 0 aliphatic rings. The molecule has 0 spiro atoms. The third-order valence-corrected chi connectivity index (χ3v) is 3.90. The number of benzene rings is 1. The van der Waals surface area contributed by atoms with E-state index in [1.807, 2.05) is 30.5 Å². The molecule has 2 heterocycles. The number of aromatic nitrogens is 2. The van der Waals surface area contributed by atoms with E-state index in [4.69, 9.17) is 0 Å². The fourth-order valence-corrected chi connectivity index (χ4v) is 2.50. The van der Waals surface area contributed by atoms with E-state index < -0.39 is 0 Å². The Hall–Kier alpha value is -2.46. The highest BCUT2D eigenvalue weighted by atomic mass is 16.1. The Morgan fingerprint density at radius 1 is 1.14 bits per heavy atom. The number of aromatic amines is 1. The molecule has 0 fully saturated rings. The first-order valence-corrected chi connectivity index (χ1v) is 7.36. The van der Waals surface area contributed by atoms with Gasteiger partial charge in [0.15, 0.2) is 0 Å². The summed E-state index contributed by atoms with van der Waals surface area (Å²) in [6.45, 7) is 5.36. The normalized spacial score (nSPS) is 11.0. The van der Waals surface area contributed by atoms with E-state index in [0.29, 0.717) is 13.1 Å². The summed E-state index contributed by atoms with van der Waals surface area (Å²) in [6, 6.07) is 10.0. The van der Waals surface area contributed by atoms with Crippen molar-refractivity contribution < 1.29 is 0 Å². The number of rotatable bonds is 4. The van der Waals surface area contributed by atoms with Gasteiger partial charge in [0.1, 0.15) is 0 Å². The predicted octanol–water partition coefficient (Wildman–Crippen LogP) is 2.83. The van der Waals surface area contributed by atoms with Gasteiger partial charge >= 0.3 is 0 Å². The highest BCUT2D eigenvalue weighted by Gasteiger charge is 2.04. The van der Waals surface area contributed by atoms with E-state index in [2.05, 4.69) is 35.2 Å². The molecule has 0 unspecified atom stereocenters. The van der Waals surface area contributed by atoms with Crippen molar-refractivity contribution in [1.82, 2.24) is 15.3 Å².